The van der Waals surface area contributed by atoms with Crippen LogP contribution in [0.4, 0.5) is 16.5 Å². The van der Waals surface area contributed by atoms with Crippen LogP contribution in [0.15, 0.2) is 69.5 Å². The number of nitro groups is 1. The Labute approximate surface area is 243 Å². The number of carbonyl (C=O) groups is 2. The Balaban J connectivity index is 1.39. The molecular formula is C28H25N7O4S2. The van der Waals surface area contributed by atoms with Crippen molar-refractivity contribution < 1.29 is 14.5 Å². The highest BCUT2D eigenvalue weighted by atomic mass is 32.2. The van der Waals surface area contributed by atoms with E-state index in [0.29, 0.717) is 45.6 Å². The minimum Gasteiger partial charge on any atom is -0.384 e. The number of thioether (sulfide) groups is 1. The number of nitrogens with one attached hydrogen (secondary N) is 1. The second-order valence-corrected chi connectivity index (χ2v) is 11.8. The highest BCUT2D eigenvalue weighted by Crippen LogP contribution is 2.47. The van der Waals surface area contributed by atoms with Crippen LogP contribution < -0.4 is 16.0 Å². The number of aromatic nitrogens is 2. The van der Waals surface area contributed by atoms with E-state index < -0.39 is 10.8 Å². The first-order chi connectivity index (χ1) is 19.7. The van der Waals surface area contributed by atoms with Gasteiger partial charge < -0.3 is 11.1 Å². The summed E-state index contributed by atoms with van der Waals surface area (Å²) < 4.78 is 0.488. The first-order valence-corrected chi connectivity index (χ1v) is 14.5. The predicted octanol–water partition coefficient (Wildman–Crippen LogP) is 5.10. The van der Waals surface area contributed by atoms with Gasteiger partial charge in [-0.1, -0.05) is 53.4 Å². The highest BCUT2D eigenvalue weighted by molar-refractivity contribution is 8.01. The zero-order chi connectivity index (χ0) is 29.3. The molecule has 2 aliphatic rings. The van der Waals surface area contributed by atoms with Crippen molar-refractivity contribution >= 4 is 51.3 Å². The van der Waals surface area contributed by atoms with Gasteiger partial charge >= 0.3 is 0 Å². The van der Waals surface area contributed by atoms with Gasteiger partial charge in [-0.2, -0.15) is 5.26 Å². The molecule has 3 aromatic rings. The number of nitriles is 1. The Morgan fingerprint density at radius 3 is 2.76 bits per heavy atom. The molecule has 2 heterocycles. The number of anilines is 2. The van der Waals surface area contributed by atoms with Gasteiger partial charge in [0.2, 0.25) is 11.0 Å². The highest BCUT2D eigenvalue weighted by Gasteiger charge is 2.41. The van der Waals surface area contributed by atoms with Crippen LogP contribution >= 0.6 is 23.1 Å². The molecule has 1 aromatic heterocycles. The van der Waals surface area contributed by atoms with Crippen LogP contribution in [0.1, 0.15) is 41.9 Å². The van der Waals surface area contributed by atoms with Crippen molar-refractivity contribution in [2.24, 2.45) is 5.73 Å². The van der Waals surface area contributed by atoms with Crippen LogP contribution in [-0.2, 0) is 9.59 Å². The van der Waals surface area contributed by atoms with Crippen molar-refractivity contribution in [3.63, 3.8) is 0 Å². The van der Waals surface area contributed by atoms with Gasteiger partial charge in [0.25, 0.3) is 5.69 Å². The van der Waals surface area contributed by atoms with E-state index in [1.165, 1.54) is 17.4 Å². The third-order valence-electron chi connectivity index (χ3n) is 7.02. The minimum atomic E-state index is -0.552. The van der Waals surface area contributed by atoms with Crippen LogP contribution in [0, 0.1) is 35.3 Å². The quantitative estimate of drug-likeness (QED) is 0.215. The Morgan fingerprint density at radius 1 is 1.24 bits per heavy atom. The standard InChI is InChI=1S/C28H25N7O4S2/c1-15-6-3-4-7-18(15)24-19(13-29)26(30)34(20-8-5-9-22(36)25(20)24)27-32-33-28(41-27)40-14-23(37)31-17-11-10-16(2)21(12-17)35(38)39/h3-4,6-7,10-12,24H,5,8-9,14,30H2,1-2H3,(H,31,37). The summed E-state index contributed by atoms with van der Waals surface area (Å²) in [5.74, 6) is -0.730. The van der Waals surface area contributed by atoms with Crippen molar-refractivity contribution in [2.45, 2.75) is 43.4 Å². The average Bonchev–Trinajstić information content (AvgIpc) is 3.41. The fraction of sp³-hybridized carbons (Fsp3) is 0.250. The monoisotopic (exact) mass is 587 g/mol. The van der Waals surface area contributed by atoms with E-state index in [0.717, 1.165) is 28.6 Å². The third-order valence-corrected chi connectivity index (χ3v) is 9.06. The van der Waals surface area contributed by atoms with Gasteiger partial charge in [-0.25, -0.2) is 0 Å². The van der Waals surface area contributed by atoms with Gasteiger partial charge in [-0.15, -0.1) is 10.2 Å². The topological polar surface area (TPSA) is 168 Å². The summed E-state index contributed by atoms with van der Waals surface area (Å²) in [5.41, 5.74) is 10.8. The average molecular weight is 588 g/mol. The number of nitro benzene ring substituents is 1. The number of benzene rings is 2. The summed E-state index contributed by atoms with van der Waals surface area (Å²) in [6.45, 7) is 3.58. The molecule has 1 atom stereocenters. The van der Waals surface area contributed by atoms with Crippen LogP contribution in [0.2, 0.25) is 0 Å². The molecule has 41 heavy (non-hydrogen) atoms. The third kappa shape index (κ3) is 5.44. The number of hydrogen-bond donors (Lipinski definition) is 2. The zero-order valence-corrected chi connectivity index (χ0v) is 23.8. The number of ketones is 1. The Morgan fingerprint density at radius 2 is 2.02 bits per heavy atom. The van der Waals surface area contributed by atoms with Crippen LogP contribution in [0.25, 0.3) is 0 Å². The van der Waals surface area contributed by atoms with Gasteiger partial charge in [0.15, 0.2) is 10.1 Å². The van der Waals surface area contributed by atoms with Crippen LogP contribution in [0.3, 0.4) is 0 Å². The largest absolute Gasteiger partial charge is 0.384 e. The lowest BCUT2D eigenvalue weighted by molar-refractivity contribution is -0.385. The summed E-state index contributed by atoms with van der Waals surface area (Å²) >= 11 is 2.35. The number of Topliss-reactive ketones (excluding diaryl/α,β-unsaturated/α-hetero) is 1. The molecule has 3 N–H and O–H groups in total. The number of hydrogen-bond acceptors (Lipinski definition) is 11. The lowest BCUT2D eigenvalue weighted by atomic mass is 9.75. The number of nitrogens with zero attached hydrogens (tertiary/aromatic N) is 5. The maximum Gasteiger partial charge on any atom is 0.274 e. The van der Waals surface area contributed by atoms with Gasteiger partial charge in [0.05, 0.1) is 28.2 Å². The molecule has 0 spiro atoms. The molecule has 11 nitrogen and oxygen atoms in total. The smallest absolute Gasteiger partial charge is 0.274 e. The first kappa shape index (κ1) is 28.0. The molecular weight excluding hydrogens is 562 g/mol. The van der Waals surface area contributed by atoms with Crippen molar-refractivity contribution in [3.8, 4) is 6.07 Å². The van der Waals surface area contributed by atoms with E-state index in [-0.39, 0.29) is 34.5 Å². The molecule has 0 radical (unpaired) electrons. The summed E-state index contributed by atoms with van der Waals surface area (Å²) in [6.07, 6.45) is 1.64. The second kappa shape index (κ2) is 11.5. The summed E-state index contributed by atoms with van der Waals surface area (Å²) in [6, 6.07) is 14.4. The molecule has 1 aliphatic carbocycles. The number of aryl methyl sites for hydroxylation is 2. The van der Waals surface area contributed by atoms with Gasteiger partial charge in [-0.05, 0) is 43.9 Å². The minimum absolute atomic E-state index is 0.00708. The van der Waals surface area contributed by atoms with E-state index >= 15 is 0 Å². The van der Waals surface area contributed by atoms with E-state index in [2.05, 4.69) is 21.6 Å². The molecule has 0 bridgehead atoms. The summed E-state index contributed by atoms with van der Waals surface area (Å²) in [5, 5.41) is 33.0. The molecule has 1 unspecified atom stereocenters. The normalized spacial score (nSPS) is 16.9. The molecule has 0 saturated heterocycles. The second-order valence-electron chi connectivity index (χ2n) is 9.62. The van der Waals surface area contributed by atoms with Crippen molar-refractivity contribution in [1.82, 2.24) is 10.2 Å². The molecule has 13 heteroatoms. The fourth-order valence-electron chi connectivity index (χ4n) is 5.09. The Kier molecular flexibility index (Phi) is 7.87. The first-order valence-electron chi connectivity index (χ1n) is 12.7. The van der Waals surface area contributed by atoms with Crippen LogP contribution in [-0.4, -0.2) is 32.6 Å². The number of carbonyl (C=O) groups excluding carboxylic acids is 2. The molecule has 0 fully saturated rings. The molecule has 1 amide bonds. The number of rotatable bonds is 7. The van der Waals surface area contributed by atoms with Crippen molar-refractivity contribution in [3.05, 3.63) is 91.9 Å². The van der Waals surface area contributed by atoms with Crippen molar-refractivity contribution in [2.75, 3.05) is 16.0 Å². The van der Waals surface area contributed by atoms with Crippen LogP contribution in [0.5, 0.6) is 0 Å². The SMILES string of the molecule is Cc1ccccc1C1C(C#N)=C(N)N(c2nnc(SCC(=O)Nc3ccc(C)c([N+](=O)[O-])c3)s2)C2=C1C(=O)CCC2. The Bertz CT molecular complexity index is 1690. The fourth-order valence-corrected chi connectivity index (χ4v) is 6.77. The number of allylic oxidation sites excluding steroid dienone is 3. The molecule has 1 aliphatic heterocycles. The summed E-state index contributed by atoms with van der Waals surface area (Å²) in [4.78, 5) is 38.2. The lowest BCUT2D eigenvalue weighted by Gasteiger charge is -2.38. The van der Waals surface area contributed by atoms with Crippen molar-refractivity contribution in [1.29, 1.82) is 5.26 Å². The van der Waals surface area contributed by atoms with Gasteiger partial charge in [0, 0.05) is 35.0 Å². The van der Waals surface area contributed by atoms with Gasteiger partial charge in [-0.3, -0.25) is 24.6 Å². The molecule has 208 valence electrons. The van der Waals surface area contributed by atoms with E-state index in [9.17, 15) is 25.0 Å². The lowest BCUT2D eigenvalue weighted by Crippen LogP contribution is -2.38. The summed E-state index contributed by atoms with van der Waals surface area (Å²) in [7, 11) is 0. The maximum absolute atomic E-state index is 13.3. The molecule has 2 aromatic carbocycles. The number of amides is 1. The molecule has 5 rings (SSSR count). The van der Waals surface area contributed by atoms with E-state index in [1.54, 1.807) is 24.0 Å². The van der Waals surface area contributed by atoms with E-state index in [1.807, 2.05) is 31.2 Å². The predicted molar refractivity (Wildman–Crippen MR) is 156 cm³/mol. The molecule has 0 saturated carbocycles. The van der Waals surface area contributed by atoms with E-state index in [4.69, 9.17) is 5.73 Å². The zero-order valence-electron chi connectivity index (χ0n) is 22.2. The number of nitrogens with two attached hydrogens (primary N) is 1. The Hall–Kier alpha value is -4.54. The van der Waals surface area contributed by atoms with Gasteiger partial charge in [0.1, 0.15) is 5.82 Å². The maximum atomic E-state index is 13.3.